The SMILES string of the molecule is CC1CC(O)c2c(F)ccc(F)c21.CC1CC(O)c2c(F)ccc(F)c21. The quantitative estimate of drug-likeness (QED) is 0.642. The Morgan fingerprint density at radius 1 is 0.615 bits per heavy atom. The molecule has 2 N–H and O–H groups in total. The van der Waals surface area contributed by atoms with E-state index >= 15 is 0 Å². The van der Waals surface area contributed by atoms with Crippen LogP contribution in [0, 0.1) is 23.3 Å². The number of halogens is 4. The number of aliphatic hydroxyl groups excluding tert-OH is 2. The second-order valence-corrected chi connectivity index (χ2v) is 7.02. The molecule has 26 heavy (non-hydrogen) atoms. The van der Waals surface area contributed by atoms with Crippen LogP contribution in [0.2, 0.25) is 0 Å². The van der Waals surface area contributed by atoms with Crippen LogP contribution in [0.25, 0.3) is 0 Å². The average Bonchev–Trinajstić information content (AvgIpc) is 3.05. The number of hydrogen-bond acceptors (Lipinski definition) is 2. The van der Waals surface area contributed by atoms with Crippen molar-refractivity contribution >= 4 is 0 Å². The first-order valence-corrected chi connectivity index (χ1v) is 8.54. The van der Waals surface area contributed by atoms with Gasteiger partial charge in [-0.05, 0) is 60.1 Å². The van der Waals surface area contributed by atoms with Gasteiger partial charge in [0.05, 0.1) is 12.2 Å². The largest absolute Gasteiger partial charge is 0.388 e. The third-order valence-corrected chi connectivity index (χ3v) is 5.17. The molecular formula is C20H20F4O2. The molecule has 0 aliphatic heterocycles. The normalized spacial score (nSPS) is 26.2. The fourth-order valence-electron chi connectivity index (χ4n) is 3.99. The van der Waals surface area contributed by atoms with Gasteiger partial charge in [0.2, 0.25) is 0 Å². The third kappa shape index (κ3) is 3.12. The van der Waals surface area contributed by atoms with Crippen molar-refractivity contribution in [3.8, 4) is 0 Å². The van der Waals surface area contributed by atoms with Gasteiger partial charge in [-0.2, -0.15) is 0 Å². The Hall–Kier alpha value is -1.92. The fraction of sp³-hybridized carbons (Fsp3) is 0.400. The molecule has 2 aromatic carbocycles. The van der Waals surface area contributed by atoms with Gasteiger partial charge in [-0.3, -0.25) is 0 Å². The summed E-state index contributed by atoms with van der Waals surface area (Å²) >= 11 is 0. The van der Waals surface area contributed by atoms with E-state index in [1.807, 2.05) is 0 Å². The molecule has 2 aliphatic rings. The van der Waals surface area contributed by atoms with Crippen molar-refractivity contribution in [1.29, 1.82) is 0 Å². The minimum Gasteiger partial charge on any atom is -0.388 e. The number of benzene rings is 2. The zero-order chi connectivity index (χ0) is 19.2. The van der Waals surface area contributed by atoms with Gasteiger partial charge < -0.3 is 10.2 Å². The van der Waals surface area contributed by atoms with E-state index < -0.39 is 35.5 Å². The lowest BCUT2D eigenvalue weighted by atomic mass is 10.0. The Kier molecular flexibility index (Phi) is 5.08. The number of aliphatic hydroxyl groups is 2. The molecule has 2 aromatic rings. The number of rotatable bonds is 0. The minimum absolute atomic E-state index is 0.0966. The lowest BCUT2D eigenvalue weighted by Crippen LogP contribution is -1.97. The summed E-state index contributed by atoms with van der Waals surface area (Å²) in [6.07, 6.45) is -0.873. The molecule has 0 fully saturated rings. The Bertz CT molecular complexity index is 702. The van der Waals surface area contributed by atoms with Crippen LogP contribution in [0.4, 0.5) is 17.6 Å². The van der Waals surface area contributed by atoms with Gasteiger partial charge in [-0.15, -0.1) is 0 Å². The van der Waals surface area contributed by atoms with Crippen molar-refractivity contribution in [2.24, 2.45) is 0 Å². The van der Waals surface area contributed by atoms with Crippen LogP contribution in [0.3, 0.4) is 0 Å². The van der Waals surface area contributed by atoms with E-state index in [4.69, 9.17) is 0 Å². The maximum atomic E-state index is 13.2. The summed E-state index contributed by atoms with van der Waals surface area (Å²) in [5.41, 5.74) is 0.972. The van der Waals surface area contributed by atoms with Gasteiger partial charge in [0.1, 0.15) is 23.3 Å². The Balaban J connectivity index is 0.000000151. The van der Waals surface area contributed by atoms with E-state index in [1.54, 1.807) is 13.8 Å². The van der Waals surface area contributed by atoms with Gasteiger partial charge in [0.25, 0.3) is 0 Å². The summed E-state index contributed by atoms with van der Waals surface area (Å²) in [6, 6.07) is 4.36. The van der Waals surface area contributed by atoms with Crippen LogP contribution in [-0.4, -0.2) is 10.2 Å². The second kappa shape index (κ2) is 7.00. The molecule has 0 amide bonds. The molecule has 0 heterocycles. The molecule has 2 aliphatic carbocycles. The lowest BCUT2D eigenvalue weighted by Gasteiger charge is -2.06. The molecule has 0 saturated carbocycles. The summed E-state index contributed by atoms with van der Waals surface area (Å²) < 4.78 is 52.8. The highest BCUT2D eigenvalue weighted by molar-refractivity contribution is 5.39. The highest BCUT2D eigenvalue weighted by Gasteiger charge is 2.33. The molecule has 4 atom stereocenters. The summed E-state index contributed by atoms with van der Waals surface area (Å²) in [5, 5.41) is 18.9. The summed E-state index contributed by atoms with van der Waals surface area (Å²) in [4.78, 5) is 0. The lowest BCUT2D eigenvalue weighted by molar-refractivity contribution is 0.170. The first-order chi connectivity index (χ1) is 12.2. The van der Waals surface area contributed by atoms with Crippen LogP contribution in [-0.2, 0) is 0 Å². The summed E-state index contributed by atoms with van der Waals surface area (Å²) in [6.45, 7) is 3.58. The van der Waals surface area contributed by atoms with Crippen molar-refractivity contribution in [3.05, 3.63) is 69.8 Å². The van der Waals surface area contributed by atoms with Gasteiger partial charge in [-0.1, -0.05) is 13.8 Å². The van der Waals surface area contributed by atoms with Gasteiger partial charge in [-0.25, -0.2) is 17.6 Å². The molecule has 0 spiro atoms. The maximum Gasteiger partial charge on any atom is 0.129 e. The molecule has 0 bridgehead atoms. The fourth-order valence-corrected chi connectivity index (χ4v) is 3.99. The van der Waals surface area contributed by atoms with Crippen LogP contribution >= 0.6 is 0 Å². The van der Waals surface area contributed by atoms with E-state index in [0.717, 1.165) is 24.3 Å². The maximum absolute atomic E-state index is 13.2. The highest BCUT2D eigenvalue weighted by atomic mass is 19.1. The standard InChI is InChI=1S/2C10H10F2O/c2*1-5-4-8(13)10-7(12)3-2-6(11)9(5)10/h2*2-3,5,8,13H,4H2,1H3. The van der Waals surface area contributed by atoms with Crippen LogP contribution < -0.4 is 0 Å². The molecule has 6 heteroatoms. The van der Waals surface area contributed by atoms with Crippen molar-refractivity contribution in [1.82, 2.24) is 0 Å². The predicted molar refractivity (Wildman–Crippen MR) is 88.7 cm³/mol. The number of hydrogen-bond donors (Lipinski definition) is 2. The molecule has 4 rings (SSSR count). The summed E-state index contributed by atoms with van der Waals surface area (Å²) in [7, 11) is 0. The monoisotopic (exact) mass is 368 g/mol. The van der Waals surface area contributed by atoms with E-state index in [-0.39, 0.29) is 23.0 Å². The van der Waals surface area contributed by atoms with Gasteiger partial charge in [0.15, 0.2) is 0 Å². The topological polar surface area (TPSA) is 40.5 Å². The van der Waals surface area contributed by atoms with Crippen molar-refractivity contribution in [2.75, 3.05) is 0 Å². The molecule has 140 valence electrons. The van der Waals surface area contributed by atoms with Crippen molar-refractivity contribution < 1.29 is 27.8 Å². The molecule has 0 radical (unpaired) electrons. The van der Waals surface area contributed by atoms with E-state index in [9.17, 15) is 27.8 Å². The Morgan fingerprint density at radius 2 is 0.885 bits per heavy atom. The molecular weight excluding hydrogens is 348 g/mol. The van der Waals surface area contributed by atoms with Crippen molar-refractivity contribution in [3.63, 3.8) is 0 Å². The summed E-state index contributed by atoms with van der Waals surface area (Å²) in [5.74, 6) is -2.04. The van der Waals surface area contributed by atoms with E-state index in [1.165, 1.54) is 0 Å². The van der Waals surface area contributed by atoms with E-state index in [2.05, 4.69) is 0 Å². The smallest absolute Gasteiger partial charge is 0.129 e. The van der Waals surface area contributed by atoms with Crippen LogP contribution in [0.5, 0.6) is 0 Å². The molecule has 0 aromatic heterocycles. The van der Waals surface area contributed by atoms with Gasteiger partial charge >= 0.3 is 0 Å². The average molecular weight is 368 g/mol. The minimum atomic E-state index is -0.847. The van der Waals surface area contributed by atoms with Crippen LogP contribution in [0.15, 0.2) is 24.3 Å². The van der Waals surface area contributed by atoms with Gasteiger partial charge in [0, 0.05) is 11.1 Å². The predicted octanol–water partition coefficient (Wildman–Crippen LogP) is 5.01. The van der Waals surface area contributed by atoms with Crippen molar-refractivity contribution in [2.45, 2.75) is 50.7 Å². The van der Waals surface area contributed by atoms with E-state index in [0.29, 0.717) is 24.0 Å². The van der Waals surface area contributed by atoms with Crippen LogP contribution in [0.1, 0.15) is 73.0 Å². The third-order valence-electron chi connectivity index (χ3n) is 5.17. The second-order valence-electron chi connectivity index (χ2n) is 7.02. The Labute approximate surface area is 149 Å². The zero-order valence-electron chi connectivity index (χ0n) is 14.4. The Morgan fingerprint density at radius 3 is 1.15 bits per heavy atom. The molecule has 2 nitrogen and oxygen atoms in total. The first kappa shape index (κ1) is 18.9. The zero-order valence-corrected chi connectivity index (χ0v) is 14.4. The number of fused-ring (bicyclic) bond motifs is 2. The highest BCUT2D eigenvalue weighted by Crippen LogP contribution is 2.43. The first-order valence-electron chi connectivity index (χ1n) is 8.54. The molecule has 4 unspecified atom stereocenters. The molecule has 0 saturated heterocycles.